The second-order valence-corrected chi connectivity index (χ2v) is 3.80. The van der Waals surface area contributed by atoms with Gasteiger partial charge >= 0.3 is 0 Å². The maximum Gasteiger partial charge on any atom is 0.217 e. The lowest BCUT2D eigenvalue weighted by atomic mass is 9.83. The van der Waals surface area contributed by atoms with E-state index in [0.29, 0.717) is 0 Å². The van der Waals surface area contributed by atoms with Crippen molar-refractivity contribution >= 4 is 5.91 Å². The van der Waals surface area contributed by atoms with Crippen LogP contribution in [0.3, 0.4) is 0 Å². The molecule has 0 saturated heterocycles. The molecule has 1 N–H and O–H groups in total. The van der Waals surface area contributed by atoms with Crippen LogP contribution in [0.1, 0.15) is 59.8 Å². The van der Waals surface area contributed by atoms with E-state index in [4.69, 9.17) is 0 Å². The number of carbonyl (C=O) groups is 1. The Morgan fingerprint density at radius 1 is 1.15 bits per heavy atom. The minimum Gasteiger partial charge on any atom is -0.351 e. The number of hydrogen-bond acceptors (Lipinski definition) is 1. The minimum atomic E-state index is 0.101. The third-order valence-corrected chi connectivity index (χ3v) is 2.43. The molecule has 1 rings (SSSR count). The molecule has 0 aromatic carbocycles. The monoisotopic (exact) mass is 185 g/mol. The summed E-state index contributed by atoms with van der Waals surface area (Å²) in [5.74, 6) is 0.106. The van der Waals surface area contributed by atoms with Gasteiger partial charge in [0.25, 0.3) is 0 Å². The van der Waals surface area contributed by atoms with Gasteiger partial charge in [-0.1, -0.05) is 33.1 Å². The van der Waals surface area contributed by atoms with Crippen molar-refractivity contribution in [2.75, 3.05) is 0 Å². The molecule has 1 aliphatic rings. The van der Waals surface area contributed by atoms with Crippen molar-refractivity contribution in [1.29, 1.82) is 0 Å². The first-order valence-corrected chi connectivity index (χ1v) is 5.41. The molecule has 0 spiro atoms. The summed E-state index contributed by atoms with van der Waals surface area (Å²) in [5, 5.41) is 3.02. The van der Waals surface area contributed by atoms with Gasteiger partial charge in [0.15, 0.2) is 0 Å². The van der Waals surface area contributed by atoms with E-state index < -0.39 is 0 Å². The lowest BCUT2D eigenvalue weighted by molar-refractivity contribution is -0.121. The first kappa shape index (κ1) is 12.5. The molecular formula is C11H23NO. The molecule has 78 valence electrons. The zero-order valence-electron chi connectivity index (χ0n) is 9.44. The fourth-order valence-electron chi connectivity index (χ4n) is 1.88. The van der Waals surface area contributed by atoms with E-state index in [1.54, 1.807) is 6.92 Å². The summed E-state index contributed by atoms with van der Waals surface area (Å²) in [7, 11) is 0. The molecule has 0 radical (unpaired) electrons. The zero-order valence-corrected chi connectivity index (χ0v) is 9.44. The average molecular weight is 185 g/mol. The highest BCUT2D eigenvalue weighted by Crippen LogP contribution is 2.27. The molecule has 0 heterocycles. The molecule has 0 unspecified atom stereocenters. The number of amides is 1. The summed E-state index contributed by atoms with van der Waals surface area (Å²) in [5.41, 5.74) is 0.101. The standard InChI is InChI=1S/C9H17NO.C2H6/c1-8(11)10-9(2)6-4-3-5-7-9;1-2/h3-7H2,1-2H3,(H,10,11);1-2H3. The predicted octanol–water partition coefficient (Wildman–Crippen LogP) is 2.87. The summed E-state index contributed by atoms with van der Waals surface area (Å²) in [6, 6.07) is 0. The molecule has 1 amide bonds. The number of nitrogens with one attached hydrogen (secondary N) is 1. The van der Waals surface area contributed by atoms with Gasteiger partial charge in [0.1, 0.15) is 0 Å². The Labute approximate surface area is 82.1 Å². The molecule has 0 aliphatic heterocycles. The Bertz CT molecular complexity index is 148. The van der Waals surface area contributed by atoms with E-state index >= 15 is 0 Å². The maximum absolute atomic E-state index is 10.8. The third kappa shape index (κ3) is 4.91. The predicted molar refractivity (Wildman–Crippen MR) is 56.7 cm³/mol. The van der Waals surface area contributed by atoms with E-state index in [2.05, 4.69) is 12.2 Å². The lowest BCUT2D eigenvalue weighted by Crippen LogP contribution is -2.46. The molecular weight excluding hydrogens is 162 g/mol. The lowest BCUT2D eigenvalue weighted by Gasteiger charge is -2.34. The van der Waals surface area contributed by atoms with Crippen LogP contribution in [0.25, 0.3) is 0 Å². The van der Waals surface area contributed by atoms with Crippen molar-refractivity contribution in [3.63, 3.8) is 0 Å². The Morgan fingerprint density at radius 3 is 2.00 bits per heavy atom. The number of rotatable bonds is 1. The van der Waals surface area contributed by atoms with Gasteiger partial charge in [-0.05, 0) is 19.8 Å². The fourth-order valence-corrected chi connectivity index (χ4v) is 1.88. The summed E-state index contributed by atoms with van der Waals surface area (Å²) in [6.07, 6.45) is 6.14. The number of hydrogen-bond donors (Lipinski definition) is 1. The van der Waals surface area contributed by atoms with Gasteiger partial charge in [-0.2, -0.15) is 0 Å². The second-order valence-electron chi connectivity index (χ2n) is 3.80. The molecule has 0 aromatic rings. The summed E-state index contributed by atoms with van der Waals surface area (Å²) < 4.78 is 0. The molecule has 1 fully saturated rings. The molecule has 1 aliphatic carbocycles. The van der Waals surface area contributed by atoms with Crippen molar-refractivity contribution in [2.45, 2.75) is 65.3 Å². The minimum absolute atomic E-state index is 0.101. The Kier molecular flexibility index (Phi) is 5.76. The van der Waals surface area contributed by atoms with Crippen LogP contribution in [0.15, 0.2) is 0 Å². The summed E-state index contributed by atoms with van der Waals surface area (Å²) in [6.45, 7) is 7.74. The van der Waals surface area contributed by atoms with Crippen LogP contribution in [-0.2, 0) is 4.79 Å². The normalized spacial score (nSPS) is 19.7. The van der Waals surface area contributed by atoms with Crippen molar-refractivity contribution < 1.29 is 4.79 Å². The van der Waals surface area contributed by atoms with E-state index in [9.17, 15) is 4.79 Å². The van der Waals surface area contributed by atoms with Crippen molar-refractivity contribution in [3.8, 4) is 0 Å². The van der Waals surface area contributed by atoms with Crippen LogP contribution in [-0.4, -0.2) is 11.4 Å². The SMILES string of the molecule is CC.CC(=O)NC1(C)CCCCC1. The van der Waals surface area contributed by atoms with Crippen LogP contribution in [0.5, 0.6) is 0 Å². The van der Waals surface area contributed by atoms with Crippen LogP contribution < -0.4 is 5.32 Å². The topological polar surface area (TPSA) is 29.1 Å². The highest BCUT2D eigenvalue weighted by Gasteiger charge is 2.26. The van der Waals surface area contributed by atoms with Gasteiger partial charge < -0.3 is 5.32 Å². The quantitative estimate of drug-likeness (QED) is 0.668. The Hall–Kier alpha value is -0.530. The van der Waals surface area contributed by atoms with Crippen LogP contribution in [0.4, 0.5) is 0 Å². The summed E-state index contributed by atoms with van der Waals surface area (Å²) >= 11 is 0. The fraction of sp³-hybridized carbons (Fsp3) is 0.909. The largest absolute Gasteiger partial charge is 0.351 e. The van der Waals surface area contributed by atoms with Crippen LogP contribution in [0.2, 0.25) is 0 Å². The maximum atomic E-state index is 10.8. The smallest absolute Gasteiger partial charge is 0.217 e. The van der Waals surface area contributed by atoms with Gasteiger partial charge in [0.05, 0.1) is 0 Å². The van der Waals surface area contributed by atoms with E-state index in [1.807, 2.05) is 13.8 Å². The van der Waals surface area contributed by atoms with Crippen LogP contribution in [0, 0.1) is 0 Å². The van der Waals surface area contributed by atoms with Gasteiger partial charge in [-0.3, -0.25) is 4.79 Å². The Morgan fingerprint density at radius 2 is 1.62 bits per heavy atom. The van der Waals surface area contributed by atoms with E-state index in [0.717, 1.165) is 12.8 Å². The van der Waals surface area contributed by atoms with Crippen molar-refractivity contribution in [3.05, 3.63) is 0 Å². The van der Waals surface area contributed by atoms with Crippen LogP contribution >= 0.6 is 0 Å². The second kappa shape index (κ2) is 6.01. The van der Waals surface area contributed by atoms with Crippen molar-refractivity contribution in [1.82, 2.24) is 5.32 Å². The first-order chi connectivity index (χ1) is 6.12. The van der Waals surface area contributed by atoms with Gasteiger partial charge in [0, 0.05) is 12.5 Å². The number of carbonyl (C=O) groups excluding carboxylic acids is 1. The van der Waals surface area contributed by atoms with E-state index in [-0.39, 0.29) is 11.4 Å². The molecule has 2 nitrogen and oxygen atoms in total. The van der Waals surface area contributed by atoms with Crippen molar-refractivity contribution in [2.24, 2.45) is 0 Å². The molecule has 2 heteroatoms. The Balaban J connectivity index is 0.000000671. The van der Waals surface area contributed by atoms with Gasteiger partial charge in [-0.15, -0.1) is 0 Å². The summed E-state index contributed by atoms with van der Waals surface area (Å²) in [4.78, 5) is 10.8. The molecule has 0 aromatic heterocycles. The van der Waals surface area contributed by atoms with Gasteiger partial charge in [-0.25, -0.2) is 0 Å². The highest BCUT2D eigenvalue weighted by atomic mass is 16.1. The molecule has 0 atom stereocenters. The van der Waals surface area contributed by atoms with E-state index in [1.165, 1.54) is 19.3 Å². The third-order valence-electron chi connectivity index (χ3n) is 2.43. The first-order valence-electron chi connectivity index (χ1n) is 5.41. The van der Waals surface area contributed by atoms with Gasteiger partial charge in [0.2, 0.25) is 5.91 Å². The molecule has 0 bridgehead atoms. The highest BCUT2D eigenvalue weighted by molar-refractivity contribution is 5.73. The molecule has 13 heavy (non-hydrogen) atoms. The average Bonchev–Trinajstić information content (AvgIpc) is 2.07. The molecule has 1 saturated carbocycles. The zero-order chi connectivity index (χ0) is 10.3.